The topological polar surface area (TPSA) is 88.2 Å². The molecule has 3 aromatic rings. The Bertz CT molecular complexity index is 937. The van der Waals surface area contributed by atoms with E-state index in [2.05, 4.69) is 16.9 Å². The molecule has 0 spiro atoms. The number of halogens is 1. The Hall–Kier alpha value is -2.60. The van der Waals surface area contributed by atoms with E-state index in [0.29, 0.717) is 33.9 Å². The number of benzene rings is 1. The number of fused-ring (bicyclic) bond motifs is 1. The number of imidazole rings is 1. The summed E-state index contributed by atoms with van der Waals surface area (Å²) in [6.07, 6.45) is 4.43. The monoisotopic (exact) mass is 359 g/mol. The van der Waals surface area contributed by atoms with E-state index < -0.39 is 5.97 Å². The molecule has 25 heavy (non-hydrogen) atoms. The maximum atomic E-state index is 11.3. The van der Waals surface area contributed by atoms with Gasteiger partial charge in [-0.2, -0.15) is 4.98 Å². The van der Waals surface area contributed by atoms with E-state index in [1.54, 1.807) is 22.8 Å². The summed E-state index contributed by atoms with van der Waals surface area (Å²) in [5.41, 5.74) is 2.44. The molecule has 0 amide bonds. The number of nitrogens with zero attached hydrogens (tertiary/aromatic N) is 3. The lowest BCUT2D eigenvalue weighted by molar-refractivity contribution is 0.0697. The quantitative estimate of drug-likeness (QED) is 0.639. The van der Waals surface area contributed by atoms with Crippen molar-refractivity contribution >= 4 is 28.7 Å². The van der Waals surface area contributed by atoms with Crippen LogP contribution in [0.25, 0.3) is 22.3 Å². The lowest BCUT2D eigenvalue weighted by atomic mass is 10.0. The number of carboxylic acid groups (broad SMARTS) is 1. The van der Waals surface area contributed by atoms with Gasteiger partial charge in [0.15, 0.2) is 5.65 Å². The summed E-state index contributed by atoms with van der Waals surface area (Å²) < 4.78 is 1.69. The normalized spacial score (nSPS) is 11.1. The lowest BCUT2D eigenvalue weighted by Gasteiger charge is -2.11. The van der Waals surface area contributed by atoms with E-state index in [-0.39, 0.29) is 11.6 Å². The molecule has 0 saturated carbocycles. The summed E-state index contributed by atoms with van der Waals surface area (Å²) in [4.78, 5) is 19.6. The van der Waals surface area contributed by atoms with Crippen LogP contribution < -0.4 is 0 Å². The third kappa shape index (κ3) is 3.30. The number of carboxylic acids is 1. The van der Waals surface area contributed by atoms with E-state index in [9.17, 15) is 15.0 Å². The first kappa shape index (κ1) is 17.2. The van der Waals surface area contributed by atoms with Crippen LogP contribution in [0.15, 0.2) is 30.5 Å². The average molecular weight is 360 g/mol. The number of aromatic nitrogens is 3. The number of carbonyl (C=O) groups is 1. The van der Waals surface area contributed by atoms with Crippen molar-refractivity contribution in [1.29, 1.82) is 0 Å². The van der Waals surface area contributed by atoms with Gasteiger partial charge in [0.1, 0.15) is 0 Å². The van der Waals surface area contributed by atoms with Gasteiger partial charge in [-0.3, -0.25) is 4.57 Å². The fourth-order valence-electron chi connectivity index (χ4n) is 2.88. The van der Waals surface area contributed by atoms with Gasteiger partial charge in [0, 0.05) is 18.3 Å². The first-order chi connectivity index (χ1) is 12.0. The van der Waals surface area contributed by atoms with Crippen molar-refractivity contribution in [3.05, 3.63) is 41.0 Å². The van der Waals surface area contributed by atoms with Gasteiger partial charge in [-0.15, -0.1) is 0 Å². The number of aryl methyl sites for hydroxylation is 1. The van der Waals surface area contributed by atoms with Gasteiger partial charge in [0.25, 0.3) is 6.01 Å². The average Bonchev–Trinajstić information content (AvgIpc) is 2.91. The van der Waals surface area contributed by atoms with Crippen molar-refractivity contribution in [3.63, 3.8) is 0 Å². The van der Waals surface area contributed by atoms with E-state index in [4.69, 9.17) is 11.6 Å². The molecule has 1 aromatic carbocycles. The molecular formula is C18H18ClN3O3. The minimum Gasteiger partial charge on any atom is -0.480 e. The van der Waals surface area contributed by atoms with Crippen molar-refractivity contribution in [2.75, 3.05) is 0 Å². The van der Waals surface area contributed by atoms with Crippen molar-refractivity contribution in [2.45, 2.75) is 32.7 Å². The standard InChI is InChI=1S/C18H18ClN3O3/c1-2-3-4-8-22-15-14(11-6-5-7-12(9-11)17(23)24)13(19)10-20-16(15)21-18(22)25/h5-7,9-10H,2-4,8H2,1H3,(H,23,24)(H,20,21,25). The summed E-state index contributed by atoms with van der Waals surface area (Å²) >= 11 is 6.38. The number of aromatic carboxylic acids is 1. The van der Waals surface area contributed by atoms with Crippen molar-refractivity contribution in [1.82, 2.24) is 14.5 Å². The smallest absolute Gasteiger partial charge is 0.335 e. The maximum absolute atomic E-state index is 11.3. The number of aromatic hydroxyl groups is 1. The van der Waals surface area contributed by atoms with Crippen LogP contribution in [0.4, 0.5) is 0 Å². The Morgan fingerprint density at radius 1 is 1.32 bits per heavy atom. The van der Waals surface area contributed by atoms with Gasteiger partial charge in [-0.05, 0) is 24.1 Å². The molecule has 0 unspecified atom stereocenters. The molecule has 0 aliphatic rings. The van der Waals surface area contributed by atoms with Crippen molar-refractivity contribution in [2.24, 2.45) is 0 Å². The Morgan fingerprint density at radius 3 is 2.84 bits per heavy atom. The molecule has 0 fully saturated rings. The van der Waals surface area contributed by atoms with Crippen LogP contribution in [0.3, 0.4) is 0 Å². The van der Waals surface area contributed by atoms with Crippen LogP contribution in [0.1, 0.15) is 36.5 Å². The van der Waals surface area contributed by atoms with Crippen LogP contribution >= 0.6 is 11.6 Å². The van der Waals surface area contributed by atoms with Gasteiger partial charge in [-0.25, -0.2) is 9.78 Å². The summed E-state index contributed by atoms with van der Waals surface area (Å²) in [6.45, 7) is 2.69. The highest BCUT2D eigenvalue weighted by atomic mass is 35.5. The highest BCUT2D eigenvalue weighted by Gasteiger charge is 2.19. The molecule has 0 radical (unpaired) electrons. The first-order valence-electron chi connectivity index (χ1n) is 8.10. The molecular weight excluding hydrogens is 342 g/mol. The van der Waals surface area contributed by atoms with E-state index >= 15 is 0 Å². The molecule has 2 aromatic heterocycles. The van der Waals surface area contributed by atoms with Gasteiger partial charge in [-0.1, -0.05) is 43.5 Å². The highest BCUT2D eigenvalue weighted by molar-refractivity contribution is 6.34. The number of rotatable bonds is 6. The second-order valence-electron chi connectivity index (χ2n) is 5.81. The summed E-state index contributed by atoms with van der Waals surface area (Å²) in [6, 6.07) is 6.42. The minimum atomic E-state index is -1.01. The van der Waals surface area contributed by atoms with Crippen LogP contribution in [-0.2, 0) is 6.54 Å². The van der Waals surface area contributed by atoms with Crippen molar-refractivity contribution < 1.29 is 15.0 Å². The van der Waals surface area contributed by atoms with Crippen molar-refractivity contribution in [3.8, 4) is 17.1 Å². The van der Waals surface area contributed by atoms with Crippen LogP contribution in [0.5, 0.6) is 6.01 Å². The summed E-state index contributed by atoms with van der Waals surface area (Å²) in [5, 5.41) is 19.8. The van der Waals surface area contributed by atoms with Crippen LogP contribution in [0.2, 0.25) is 5.02 Å². The van der Waals surface area contributed by atoms with Crippen LogP contribution in [-0.4, -0.2) is 30.7 Å². The first-order valence-corrected chi connectivity index (χ1v) is 8.48. The van der Waals surface area contributed by atoms with Gasteiger partial charge in [0.05, 0.1) is 16.1 Å². The zero-order chi connectivity index (χ0) is 18.0. The Labute approximate surface area is 149 Å². The molecule has 3 rings (SSSR count). The number of hydrogen-bond donors (Lipinski definition) is 2. The second kappa shape index (κ2) is 7.11. The zero-order valence-electron chi connectivity index (χ0n) is 13.7. The predicted molar refractivity (Wildman–Crippen MR) is 96.1 cm³/mol. The second-order valence-corrected chi connectivity index (χ2v) is 6.22. The fourth-order valence-corrected chi connectivity index (χ4v) is 3.12. The number of pyridine rings is 1. The minimum absolute atomic E-state index is 0.114. The third-order valence-corrected chi connectivity index (χ3v) is 4.37. The summed E-state index contributed by atoms with van der Waals surface area (Å²) in [5.74, 6) is -1.01. The Kier molecular flexibility index (Phi) is 4.90. The van der Waals surface area contributed by atoms with E-state index in [0.717, 1.165) is 19.3 Å². The molecule has 0 atom stereocenters. The third-order valence-electron chi connectivity index (χ3n) is 4.09. The van der Waals surface area contributed by atoms with Gasteiger partial charge >= 0.3 is 5.97 Å². The molecule has 0 aliphatic carbocycles. The highest BCUT2D eigenvalue weighted by Crippen LogP contribution is 2.36. The van der Waals surface area contributed by atoms with Crippen LogP contribution in [0, 0.1) is 0 Å². The molecule has 0 aliphatic heterocycles. The largest absolute Gasteiger partial charge is 0.480 e. The van der Waals surface area contributed by atoms with Gasteiger partial charge in [0.2, 0.25) is 0 Å². The Balaban J connectivity index is 2.21. The molecule has 6 nitrogen and oxygen atoms in total. The maximum Gasteiger partial charge on any atom is 0.335 e. The summed E-state index contributed by atoms with van der Waals surface area (Å²) in [7, 11) is 0. The molecule has 0 bridgehead atoms. The number of unbranched alkanes of at least 4 members (excludes halogenated alkanes) is 2. The molecule has 0 saturated heterocycles. The zero-order valence-corrected chi connectivity index (χ0v) is 14.5. The lowest BCUT2D eigenvalue weighted by Crippen LogP contribution is -2.00. The predicted octanol–water partition coefficient (Wildman–Crippen LogP) is 4.35. The molecule has 7 heteroatoms. The van der Waals surface area contributed by atoms with E-state index in [1.165, 1.54) is 12.3 Å². The molecule has 130 valence electrons. The SMILES string of the molecule is CCCCCn1c(O)nc2ncc(Cl)c(-c3cccc(C(=O)O)c3)c21. The molecule has 2 N–H and O–H groups in total. The molecule has 2 heterocycles. The van der Waals surface area contributed by atoms with E-state index in [1.807, 2.05) is 0 Å². The Morgan fingerprint density at radius 2 is 2.12 bits per heavy atom. The fraction of sp³-hybridized carbons (Fsp3) is 0.278. The van der Waals surface area contributed by atoms with Gasteiger partial charge < -0.3 is 10.2 Å². The number of hydrogen-bond acceptors (Lipinski definition) is 4.